The number of rotatable bonds is 3. The number of hydrogen-bond donors (Lipinski definition) is 1. The first-order valence-electron chi connectivity index (χ1n) is 4.60. The molecule has 0 unspecified atom stereocenters. The monoisotopic (exact) mass is 187 g/mol. The number of aliphatic hydroxyl groups excluding tert-OH is 1. The second-order valence-corrected chi connectivity index (χ2v) is 3.05. The molecule has 1 N–H and O–H groups in total. The van der Waals surface area contributed by atoms with Gasteiger partial charge in [0.2, 0.25) is 0 Å². The highest BCUT2D eigenvalue weighted by Crippen LogP contribution is 2.10. The predicted octanol–water partition coefficient (Wildman–Crippen LogP) is 2.34. The summed E-state index contributed by atoms with van der Waals surface area (Å²) in [5.74, 6) is 0. The SMILES string of the molecule is CCC(=Cc1cccc(C#N)c1)CO. The minimum atomic E-state index is 0.0767. The van der Waals surface area contributed by atoms with Crippen molar-refractivity contribution in [1.82, 2.24) is 0 Å². The number of hydrogen-bond acceptors (Lipinski definition) is 2. The van der Waals surface area contributed by atoms with E-state index < -0.39 is 0 Å². The van der Waals surface area contributed by atoms with Gasteiger partial charge >= 0.3 is 0 Å². The van der Waals surface area contributed by atoms with E-state index in [9.17, 15) is 0 Å². The largest absolute Gasteiger partial charge is 0.392 e. The van der Waals surface area contributed by atoms with Gasteiger partial charge in [0.05, 0.1) is 18.2 Å². The fraction of sp³-hybridized carbons (Fsp3) is 0.250. The van der Waals surface area contributed by atoms with Gasteiger partial charge in [-0.2, -0.15) is 5.26 Å². The Morgan fingerprint density at radius 3 is 2.93 bits per heavy atom. The zero-order valence-electron chi connectivity index (χ0n) is 8.20. The molecule has 0 radical (unpaired) electrons. The van der Waals surface area contributed by atoms with E-state index in [1.54, 1.807) is 6.07 Å². The summed E-state index contributed by atoms with van der Waals surface area (Å²) in [7, 11) is 0. The lowest BCUT2D eigenvalue weighted by atomic mass is 10.1. The van der Waals surface area contributed by atoms with Gasteiger partial charge in [-0.15, -0.1) is 0 Å². The van der Waals surface area contributed by atoms with Crippen LogP contribution in [-0.2, 0) is 0 Å². The molecule has 0 bridgehead atoms. The Labute approximate surface area is 84.1 Å². The van der Waals surface area contributed by atoms with Crippen LogP contribution >= 0.6 is 0 Å². The average molecular weight is 187 g/mol. The number of aliphatic hydroxyl groups is 1. The maximum Gasteiger partial charge on any atom is 0.0991 e. The Hall–Kier alpha value is -1.59. The summed E-state index contributed by atoms with van der Waals surface area (Å²) in [6, 6.07) is 9.43. The molecule has 0 aliphatic carbocycles. The summed E-state index contributed by atoms with van der Waals surface area (Å²) >= 11 is 0. The Bertz CT molecular complexity index is 368. The van der Waals surface area contributed by atoms with Crippen molar-refractivity contribution in [2.75, 3.05) is 6.61 Å². The van der Waals surface area contributed by atoms with Gasteiger partial charge in [-0.05, 0) is 29.7 Å². The number of benzene rings is 1. The topological polar surface area (TPSA) is 44.0 Å². The minimum Gasteiger partial charge on any atom is -0.392 e. The minimum absolute atomic E-state index is 0.0767. The van der Waals surface area contributed by atoms with Crippen LogP contribution in [0.25, 0.3) is 6.08 Å². The van der Waals surface area contributed by atoms with Crippen molar-refractivity contribution in [2.45, 2.75) is 13.3 Å². The zero-order valence-corrected chi connectivity index (χ0v) is 8.20. The van der Waals surface area contributed by atoms with Crippen LogP contribution in [0, 0.1) is 11.3 Å². The Kier molecular flexibility index (Phi) is 3.90. The second-order valence-electron chi connectivity index (χ2n) is 3.05. The quantitative estimate of drug-likeness (QED) is 0.789. The van der Waals surface area contributed by atoms with E-state index in [4.69, 9.17) is 10.4 Å². The molecule has 0 saturated carbocycles. The summed E-state index contributed by atoms with van der Waals surface area (Å²) in [4.78, 5) is 0. The lowest BCUT2D eigenvalue weighted by molar-refractivity contribution is 0.329. The first-order valence-corrected chi connectivity index (χ1v) is 4.60. The third kappa shape index (κ3) is 2.72. The van der Waals surface area contributed by atoms with Crippen molar-refractivity contribution in [3.05, 3.63) is 41.0 Å². The van der Waals surface area contributed by atoms with E-state index in [-0.39, 0.29) is 6.61 Å². The van der Waals surface area contributed by atoms with Crippen LogP contribution < -0.4 is 0 Å². The van der Waals surface area contributed by atoms with Crippen LogP contribution in [0.3, 0.4) is 0 Å². The highest BCUT2D eigenvalue weighted by molar-refractivity contribution is 5.55. The molecular formula is C12H13NO. The molecule has 0 aromatic heterocycles. The van der Waals surface area contributed by atoms with E-state index in [1.165, 1.54) is 0 Å². The summed E-state index contributed by atoms with van der Waals surface area (Å²) in [5.41, 5.74) is 2.59. The molecule has 0 saturated heterocycles. The summed E-state index contributed by atoms with van der Waals surface area (Å²) in [6.07, 6.45) is 2.74. The van der Waals surface area contributed by atoms with Gasteiger partial charge < -0.3 is 5.11 Å². The third-order valence-electron chi connectivity index (χ3n) is 2.04. The highest BCUT2D eigenvalue weighted by atomic mass is 16.3. The van der Waals surface area contributed by atoms with E-state index in [0.717, 1.165) is 17.6 Å². The van der Waals surface area contributed by atoms with Crippen LogP contribution in [0.4, 0.5) is 0 Å². The summed E-state index contributed by atoms with van der Waals surface area (Å²) < 4.78 is 0. The van der Waals surface area contributed by atoms with Crippen molar-refractivity contribution < 1.29 is 5.11 Å². The van der Waals surface area contributed by atoms with Gasteiger partial charge in [0.25, 0.3) is 0 Å². The van der Waals surface area contributed by atoms with Gasteiger partial charge in [0.15, 0.2) is 0 Å². The maximum absolute atomic E-state index is 8.98. The molecule has 72 valence electrons. The van der Waals surface area contributed by atoms with Gasteiger partial charge in [-0.3, -0.25) is 0 Å². The fourth-order valence-corrected chi connectivity index (χ4v) is 1.19. The zero-order chi connectivity index (χ0) is 10.4. The smallest absolute Gasteiger partial charge is 0.0991 e. The van der Waals surface area contributed by atoms with Crippen molar-refractivity contribution in [2.24, 2.45) is 0 Å². The van der Waals surface area contributed by atoms with Gasteiger partial charge in [-0.25, -0.2) is 0 Å². The van der Waals surface area contributed by atoms with Crippen LogP contribution in [-0.4, -0.2) is 11.7 Å². The summed E-state index contributed by atoms with van der Waals surface area (Å²) in [6.45, 7) is 2.07. The molecule has 1 aromatic carbocycles. The molecule has 0 atom stereocenters. The Morgan fingerprint density at radius 1 is 1.57 bits per heavy atom. The van der Waals surface area contributed by atoms with Gasteiger partial charge in [0, 0.05) is 0 Å². The average Bonchev–Trinajstić information content (AvgIpc) is 2.26. The molecule has 0 aliphatic rings. The molecule has 1 rings (SSSR count). The van der Waals surface area contributed by atoms with Crippen molar-refractivity contribution >= 4 is 6.08 Å². The second kappa shape index (κ2) is 5.21. The fourth-order valence-electron chi connectivity index (χ4n) is 1.19. The summed E-state index contributed by atoms with van der Waals surface area (Å²) in [5, 5.41) is 17.7. The first-order chi connectivity index (χ1) is 6.80. The lowest BCUT2D eigenvalue weighted by Crippen LogP contribution is -1.88. The molecule has 2 heteroatoms. The van der Waals surface area contributed by atoms with Crippen LogP contribution in [0.2, 0.25) is 0 Å². The number of nitriles is 1. The molecule has 0 amide bonds. The molecule has 0 fully saturated rings. The highest BCUT2D eigenvalue weighted by Gasteiger charge is 1.94. The first kappa shape index (κ1) is 10.5. The van der Waals surface area contributed by atoms with Crippen molar-refractivity contribution in [1.29, 1.82) is 5.26 Å². The third-order valence-corrected chi connectivity index (χ3v) is 2.04. The molecule has 2 nitrogen and oxygen atoms in total. The lowest BCUT2D eigenvalue weighted by Gasteiger charge is -2.00. The van der Waals surface area contributed by atoms with Gasteiger partial charge in [0.1, 0.15) is 0 Å². The van der Waals surface area contributed by atoms with Crippen LogP contribution in [0.5, 0.6) is 0 Å². The Balaban J connectivity index is 2.97. The van der Waals surface area contributed by atoms with E-state index in [2.05, 4.69) is 6.07 Å². The molecule has 14 heavy (non-hydrogen) atoms. The maximum atomic E-state index is 8.98. The number of nitrogens with zero attached hydrogens (tertiary/aromatic N) is 1. The standard InChI is InChI=1S/C12H13NO/c1-2-10(9-14)6-11-4-3-5-12(7-11)8-13/h3-7,14H,2,9H2,1H3. The molecule has 0 spiro atoms. The van der Waals surface area contributed by atoms with E-state index in [0.29, 0.717) is 5.56 Å². The molecular weight excluding hydrogens is 174 g/mol. The molecule has 0 aliphatic heterocycles. The van der Waals surface area contributed by atoms with Crippen molar-refractivity contribution in [3.8, 4) is 6.07 Å². The van der Waals surface area contributed by atoms with Crippen molar-refractivity contribution in [3.63, 3.8) is 0 Å². The molecule has 0 heterocycles. The van der Waals surface area contributed by atoms with E-state index in [1.807, 2.05) is 31.2 Å². The van der Waals surface area contributed by atoms with Crippen LogP contribution in [0.15, 0.2) is 29.8 Å². The normalized spacial score (nSPS) is 11.1. The van der Waals surface area contributed by atoms with Gasteiger partial charge in [-0.1, -0.05) is 25.1 Å². The Morgan fingerprint density at radius 2 is 2.36 bits per heavy atom. The van der Waals surface area contributed by atoms with Crippen LogP contribution in [0.1, 0.15) is 24.5 Å². The van der Waals surface area contributed by atoms with E-state index >= 15 is 0 Å². The predicted molar refractivity (Wildman–Crippen MR) is 56.5 cm³/mol. The molecule has 1 aromatic rings.